The van der Waals surface area contributed by atoms with Crippen LogP contribution in [-0.4, -0.2) is 5.91 Å². The van der Waals surface area contributed by atoms with Crippen LogP contribution in [0, 0.1) is 0 Å². The third kappa shape index (κ3) is 1.93. The van der Waals surface area contributed by atoms with E-state index in [9.17, 15) is 4.79 Å². The molecule has 2 nitrogen and oxygen atoms in total. The first-order chi connectivity index (χ1) is 8.77. The lowest BCUT2D eigenvalue weighted by atomic mass is 9.83. The molecule has 0 bridgehead atoms. The lowest BCUT2D eigenvalue weighted by Gasteiger charge is -2.22. The van der Waals surface area contributed by atoms with E-state index in [2.05, 4.69) is 12.1 Å². The average Bonchev–Trinajstić information content (AvgIpc) is 2.79. The van der Waals surface area contributed by atoms with Crippen molar-refractivity contribution in [1.29, 1.82) is 0 Å². The minimum atomic E-state index is -0.267. The highest BCUT2D eigenvalue weighted by Crippen LogP contribution is 2.42. The quantitative estimate of drug-likeness (QED) is 0.868. The summed E-state index contributed by atoms with van der Waals surface area (Å²) >= 11 is 1.55. The van der Waals surface area contributed by atoms with Crippen LogP contribution in [0.2, 0.25) is 0 Å². The van der Waals surface area contributed by atoms with Crippen LogP contribution >= 0.6 is 11.3 Å². The maximum Gasteiger partial charge on any atom is 0.259 e. The molecule has 0 unspecified atom stereocenters. The topological polar surface area (TPSA) is 43.1 Å². The van der Waals surface area contributed by atoms with Crippen LogP contribution in [0.25, 0.3) is 10.1 Å². The Hall–Kier alpha value is -1.35. The summed E-state index contributed by atoms with van der Waals surface area (Å²) in [5.41, 5.74) is 6.78. The smallest absolute Gasteiger partial charge is 0.259 e. The summed E-state index contributed by atoms with van der Waals surface area (Å²) in [7, 11) is 0. The molecule has 94 valence electrons. The number of carbonyl (C=O) groups excluding carboxylic acids is 1. The number of rotatable bonds is 2. The second-order valence-electron chi connectivity index (χ2n) is 5.04. The number of hydrogen-bond acceptors (Lipinski definition) is 2. The summed E-state index contributed by atoms with van der Waals surface area (Å²) in [6.45, 7) is 0. The predicted octanol–water partition coefficient (Wildman–Crippen LogP) is 4.05. The minimum absolute atomic E-state index is 0.267. The van der Waals surface area contributed by atoms with E-state index < -0.39 is 0 Å². The van der Waals surface area contributed by atoms with Crippen LogP contribution in [0.1, 0.15) is 53.3 Å². The molecule has 1 heterocycles. The number of benzene rings is 1. The molecular formula is C15H17NOS. The van der Waals surface area contributed by atoms with Crippen LogP contribution in [0.4, 0.5) is 0 Å². The first kappa shape index (κ1) is 11.7. The Morgan fingerprint density at radius 1 is 1.17 bits per heavy atom. The van der Waals surface area contributed by atoms with Crippen molar-refractivity contribution >= 4 is 27.3 Å². The van der Waals surface area contributed by atoms with Crippen LogP contribution < -0.4 is 5.73 Å². The molecule has 1 aromatic heterocycles. The van der Waals surface area contributed by atoms with Gasteiger partial charge in [-0.3, -0.25) is 4.79 Å². The third-order valence-electron chi connectivity index (χ3n) is 3.87. The molecule has 3 rings (SSSR count). The molecule has 0 aliphatic heterocycles. The molecule has 0 atom stereocenters. The number of nitrogens with two attached hydrogens (primary N) is 1. The highest BCUT2D eigenvalue weighted by molar-refractivity contribution is 7.21. The van der Waals surface area contributed by atoms with Gasteiger partial charge in [0, 0.05) is 4.70 Å². The highest BCUT2D eigenvalue weighted by Gasteiger charge is 2.24. The Morgan fingerprint density at radius 3 is 2.61 bits per heavy atom. The average molecular weight is 259 g/mol. The summed E-state index contributed by atoms with van der Waals surface area (Å²) < 4.78 is 1.19. The van der Waals surface area contributed by atoms with Crippen molar-refractivity contribution in [3.8, 4) is 0 Å². The second kappa shape index (κ2) is 4.73. The van der Waals surface area contributed by atoms with Gasteiger partial charge in [0.25, 0.3) is 5.91 Å². The number of hydrogen-bond donors (Lipinski definition) is 1. The van der Waals surface area contributed by atoms with Gasteiger partial charge < -0.3 is 5.73 Å². The lowest BCUT2D eigenvalue weighted by molar-refractivity contribution is 0.100. The van der Waals surface area contributed by atoms with Gasteiger partial charge in [0.1, 0.15) is 0 Å². The largest absolute Gasteiger partial charge is 0.365 e. The Morgan fingerprint density at radius 2 is 1.89 bits per heavy atom. The van der Waals surface area contributed by atoms with E-state index in [1.807, 2.05) is 12.1 Å². The first-order valence-electron chi connectivity index (χ1n) is 6.58. The van der Waals surface area contributed by atoms with Crippen molar-refractivity contribution in [2.45, 2.75) is 38.0 Å². The van der Waals surface area contributed by atoms with E-state index in [1.165, 1.54) is 47.8 Å². The van der Waals surface area contributed by atoms with Gasteiger partial charge in [-0.2, -0.15) is 0 Å². The van der Waals surface area contributed by atoms with E-state index in [1.54, 1.807) is 11.3 Å². The molecule has 2 N–H and O–H groups in total. The van der Waals surface area contributed by atoms with E-state index in [0.717, 1.165) is 4.88 Å². The molecule has 1 amide bonds. The molecule has 0 spiro atoms. The van der Waals surface area contributed by atoms with E-state index in [4.69, 9.17) is 5.73 Å². The fraction of sp³-hybridized carbons (Fsp3) is 0.400. The highest BCUT2D eigenvalue weighted by atomic mass is 32.1. The zero-order valence-corrected chi connectivity index (χ0v) is 11.1. The van der Waals surface area contributed by atoms with Gasteiger partial charge in [0.15, 0.2) is 0 Å². The van der Waals surface area contributed by atoms with Crippen molar-refractivity contribution in [3.05, 3.63) is 34.7 Å². The third-order valence-corrected chi connectivity index (χ3v) is 5.07. The predicted molar refractivity (Wildman–Crippen MR) is 76.2 cm³/mol. The number of primary amides is 1. The van der Waals surface area contributed by atoms with E-state index in [0.29, 0.717) is 5.92 Å². The van der Waals surface area contributed by atoms with Crippen molar-refractivity contribution in [2.75, 3.05) is 0 Å². The molecule has 1 aliphatic carbocycles. The Balaban J connectivity index is 2.17. The van der Waals surface area contributed by atoms with Crippen LogP contribution in [-0.2, 0) is 0 Å². The van der Waals surface area contributed by atoms with Gasteiger partial charge in [-0.15, -0.1) is 11.3 Å². The number of fused-ring (bicyclic) bond motifs is 1. The van der Waals surface area contributed by atoms with E-state index >= 15 is 0 Å². The second-order valence-corrected chi connectivity index (χ2v) is 6.09. The zero-order chi connectivity index (χ0) is 12.5. The molecule has 1 aromatic carbocycles. The number of amides is 1. The molecule has 1 aliphatic rings. The Labute approximate surface area is 111 Å². The monoisotopic (exact) mass is 259 g/mol. The Bertz CT molecular complexity index is 581. The van der Waals surface area contributed by atoms with Crippen LogP contribution in [0.5, 0.6) is 0 Å². The van der Waals surface area contributed by atoms with Gasteiger partial charge in [0.05, 0.1) is 4.88 Å². The van der Waals surface area contributed by atoms with E-state index in [-0.39, 0.29) is 5.91 Å². The summed E-state index contributed by atoms with van der Waals surface area (Å²) in [6.07, 6.45) is 6.26. The standard InChI is InChI=1S/C15H17NOS/c16-15(17)14-13(10-6-2-1-3-7-10)11-8-4-5-9-12(11)18-14/h4-5,8-10H,1-3,6-7H2,(H2,16,17). The SMILES string of the molecule is NC(=O)c1sc2ccccc2c1C1CCCCC1. The first-order valence-corrected chi connectivity index (χ1v) is 7.40. The molecule has 0 saturated heterocycles. The molecular weight excluding hydrogens is 242 g/mol. The summed E-state index contributed by atoms with van der Waals surface area (Å²) in [4.78, 5) is 12.4. The van der Waals surface area contributed by atoms with Crippen molar-refractivity contribution < 1.29 is 4.79 Å². The summed E-state index contributed by atoms with van der Waals surface area (Å²) in [5.74, 6) is 0.258. The number of carbonyl (C=O) groups is 1. The maximum absolute atomic E-state index is 11.7. The van der Waals surface area contributed by atoms with Crippen molar-refractivity contribution in [1.82, 2.24) is 0 Å². The van der Waals surface area contributed by atoms with Gasteiger partial charge in [-0.05, 0) is 35.8 Å². The molecule has 1 saturated carbocycles. The minimum Gasteiger partial charge on any atom is -0.365 e. The zero-order valence-electron chi connectivity index (χ0n) is 10.3. The molecule has 0 radical (unpaired) electrons. The fourth-order valence-electron chi connectivity index (χ4n) is 3.04. The molecule has 18 heavy (non-hydrogen) atoms. The summed E-state index contributed by atoms with van der Waals surface area (Å²) in [5, 5.41) is 1.24. The maximum atomic E-state index is 11.7. The van der Waals surface area contributed by atoms with Crippen molar-refractivity contribution in [3.63, 3.8) is 0 Å². The van der Waals surface area contributed by atoms with Gasteiger partial charge in [-0.1, -0.05) is 37.5 Å². The van der Waals surface area contributed by atoms with Gasteiger partial charge in [-0.25, -0.2) is 0 Å². The molecule has 1 fully saturated rings. The Kier molecular flexibility index (Phi) is 3.08. The normalized spacial score (nSPS) is 17.1. The van der Waals surface area contributed by atoms with Gasteiger partial charge >= 0.3 is 0 Å². The molecule has 2 aromatic rings. The fourth-order valence-corrected chi connectivity index (χ4v) is 4.19. The lowest BCUT2D eigenvalue weighted by Crippen LogP contribution is -2.14. The van der Waals surface area contributed by atoms with Crippen molar-refractivity contribution in [2.24, 2.45) is 5.73 Å². The van der Waals surface area contributed by atoms with Crippen LogP contribution in [0.3, 0.4) is 0 Å². The number of thiophene rings is 1. The molecule has 3 heteroatoms. The summed E-state index contributed by atoms with van der Waals surface area (Å²) in [6, 6.07) is 8.28. The van der Waals surface area contributed by atoms with Crippen LogP contribution in [0.15, 0.2) is 24.3 Å². The van der Waals surface area contributed by atoms with Gasteiger partial charge in [0.2, 0.25) is 0 Å².